The number of alkyl halides is 1. The van der Waals surface area contributed by atoms with Crippen molar-refractivity contribution >= 4 is 15.9 Å². The number of furan rings is 1. The highest BCUT2D eigenvalue weighted by Crippen LogP contribution is 2.42. The Morgan fingerprint density at radius 3 is 2.82 bits per heavy atom. The van der Waals surface area contributed by atoms with Gasteiger partial charge >= 0.3 is 0 Å². The number of halogens is 1. The summed E-state index contributed by atoms with van der Waals surface area (Å²) >= 11 is 0. The summed E-state index contributed by atoms with van der Waals surface area (Å²) in [6.07, 6.45) is 2.10. The van der Waals surface area contributed by atoms with Crippen molar-refractivity contribution in [3.8, 4) is 0 Å². The van der Waals surface area contributed by atoms with Gasteiger partial charge in [0.15, 0.2) is 5.76 Å². The molecule has 0 aromatic carbocycles. The van der Waals surface area contributed by atoms with Crippen molar-refractivity contribution in [3.05, 3.63) is 24.2 Å². The minimum absolute atomic E-state index is 0.134. The molecule has 2 saturated heterocycles. The second kappa shape index (κ2) is 5.34. The predicted molar refractivity (Wildman–Crippen MR) is 77.6 cm³/mol. The van der Waals surface area contributed by atoms with Crippen molar-refractivity contribution in [1.82, 2.24) is 9.21 Å². The summed E-state index contributed by atoms with van der Waals surface area (Å²) in [5.74, 6) is -0.0474. The molecule has 8 heteroatoms. The van der Waals surface area contributed by atoms with E-state index in [2.05, 4.69) is 0 Å². The molecular formula is C14H19FN2O4S. The minimum Gasteiger partial charge on any atom is -0.459 e. The molecule has 1 spiro atoms. The quantitative estimate of drug-likeness (QED) is 0.814. The Hall–Kier alpha value is -1.41. The molecule has 0 radical (unpaired) electrons. The van der Waals surface area contributed by atoms with E-state index in [9.17, 15) is 17.6 Å². The lowest BCUT2D eigenvalue weighted by molar-refractivity contribution is 0.0392. The molecule has 1 aromatic heterocycles. The zero-order valence-electron chi connectivity index (χ0n) is 12.4. The monoisotopic (exact) mass is 330 g/mol. The van der Waals surface area contributed by atoms with E-state index in [4.69, 9.17) is 4.42 Å². The fraction of sp³-hybridized carbons (Fsp3) is 0.643. The lowest BCUT2D eigenvalue weighted by Crippen LogP contribution is -2.53. The molecule has 2 aliphatic heterocycles. The van der Waals surface area contributed by atoms with Crippen LogP contribution in [0.5, 0.6) is 0 Å². The summed E-state index contributed by atoms with van der Waals surface area (Å²) in [7, 11) is -3.35. The van der Waals surface area contributed by atoms with Gasteiger partial charge < -0.3 is 9.32 Å². The molecule has 3 heterocycles. The lowest BCUT2D eigenvalue weighted by Gasteiger charge is -2.41. The highest BCUT2D eigenvalue weighted by atomic mass is 32.2. The lowest BCUT2D eigenvalue weighted by atomic mass is 9.78. The van der Waals surface area contributed by atoms with E-state index < -0.39 is 21.6 Å². The molecule has 1 amide bonds. The molecule has 3 rings (SSSR count). The summed E-state index contributed by atoms with van der Waals surface area (Å²) in [4.78, 5) is 13.8. The summed E-state index contributed by atoms with van der Waals surface area (Å²) in [5, 5.41) is 0. The van der Waals surface area contributed by atoms with Crippen LogP contribution in [0.2, 0.25) is 0 Å². The van der Waals surface area contributed by atoms with E-state index in [1.54, 1.807) is 17.0 Å². The molecule has 122 valence electrons. The van der Waals surface area contributed by atoms with E-state index in [0.717, 1.165) is 6.26 Å². The molecular weight excluding hydrogens is 311 g/mol. The first-order chi connectivity index (χ1) is 10.3. The number of piperidine rings is 1. The average Bonchev–Trinajstić information content (AvgIpc) is 3.11. The summed E-state index contributed by atoms with van der Waals surface area (Å²) < 4.78 is 44.4. The molecule has 22 heavy (non-hydrogen) atoms. The van der Waals surface area contributed by atoms with Crippen LogP contribution >= 0.6 is 0 Å². The van der Waals surface area contributed by atoms with Crippen LogP contribution in [0.15, 0.2) is 22.8 Å². The molecule has 2 fully saturated rings. The highest BCUT2D eigenvalue weighted by Gasteiger charge is 2.51. The third-order valence-corrected chi connectivity index (χ3v) is 5.91. The number of amides is 1. The third-order valence-electron chi connectivity index (χ3n) is 4.66. The van der Waals surface area contributed by atoms with Gasteiger partial charge in [-0.25, -0.2) is 17.1 Å². The van der Waals surface area contributed by atoms with Crippen LogP contribution < -0.4 is 0 Å². The maximum atomic E-state index is 14.5. The Kier molecular flexibility index (Phi) is 3.76. The van der Waals surface area contributed by atoms with Crippen LogP contribution in [0.4, 0.5) is 4.39 Å². The average molecular weight is 330 g/mol. The van der Waals surface area contributed by atoms with E-state index in [1.807, 2.05) is 0 Å². The van der Waals surface area contributed by atoms with Crippen molar-refractivity contribution in [2.45, 2.75) is 19.0 Å². The van der Waals surface area contributed by atoms with Crippen LogP contribution in [0, 0.1) is 5.41 Å². The van der Waals surface area contributed by atoms with Gasteiger partial charge in [0.05, 0.1) is 12.5 Å². The maximum Gasteiger partial charge on any atom is 0.289 e. The Bertz CT molecular complexity index is 660. The number of likely N-dealkylation sites (tertiary alicyclic amines) is 1. The Balaban J connectivity index is 1.78. The highest BCUT2D eigenvalue weighted by molar-refractivity contribution is 7.88. The Morgan fingerprint density at radius 2 is 2.18 bits per heavy atom. The minimum atomic E-state index is -3.35. The topological polar surface area (TPSA) is 70.8 Å². The van der Waals surface area contributed by atoms with Gasteiger partial charge in [-0.15, -0.1) is 0 Å². The van der Waals surface area contributed by atoms with Gasteiger partial charge in [0.1, 0.15) is 6.17 Å². The zero-order valence-corrected chi connectivity index (χ0v) is 13.2. The van der Waals surface area contributed by atoms with Crippen LogP contribution in [0.25, 0.3) is 0 Å². The SMILES string of the molecule is CS(=O)(=O)N1CC[C@@H](F)[C@]2(CCN(C(=O)c3ccco3)C2)C1. The third kappa shape index (κ3) is 2.65. The zero-order chi connectivity index (χ0) is 16.0. The van der Waals surface area contributed by atoms with Crippen LogP contribution in [0.1, 0.15) is 23.4 Å². The van der Waals surface area contributed by atoms with Gasteiger partial charge in [0.25, 0.3) is 5.91 Å². The van der Waals surface area contributed by atoms with Crippen LogP contribution in [0.3, 0.4) is 0 Å². The number of hydrogen-bond donors (Lipinski definition) is 0. The van der Waals surface area contributed by atoms with Crippen molar-refractivity contribution in [2.75, 3.05) is 32.4 Å². The van der Waals surface area contributed by atoms with Crippen molar-refractivity contribution in [1.29, 1.82) is 0 Å². The molecule has 6 nitrogen and oxygen atoms in total. The van der Waals surface area contributed by atoms with E-state index in [1.165, 1.54) is 10.6 Å². The van der Waals surface area contributed by atoms with Gasteiger partial charge in [-0.05, 0) is 25.0 Å². The first kappa shape index (κ1) is 15.5. The molecule has 2 aliphatic rings. The van der Waals surface area contributed by atoms with Gasteiger partial charge in [0.2, 0.25) is 10.0 Å². The summed E-state index contributed by atoms with van der Waals surface area (Å²) in [6, 6.07) is 3.20. The molecule has 1 aromatic rings. The van der Waals surface area contributed by atoms with Crippen molar-refractivity contribution < 1.29 is 22.0 Å². The van der Waals surface area contributed by atoms with Crippen molar-refractivity contribution in [3.63, 3.8) is 0 Å². The van der Waals surface area contributed by atoms with Gasteiger partial charge in [0, 0.05) is 31.6 Å². The van der Waals surface area contributed by atoms with Crippen LogP contribution in [-0.2, 0) is 10.0 Å². The number of carbonyl (C=O) groups excluding carboxylic acids is 1. The first-order valence-electron chi connectivity index (χ1n) is 7.24. The number of hydrogen-bond acceptors (Lipinski definition) is 4. The molecule has 0 bridgehead atoms. The number of nitrogens with zero attached hydrogens (tertiary/aromatic N) is 2. The fourth-order valence-corrected chi connectivity index (χ4v) is 4.31. The predicted octanol–water partition coefficient (Wildman–Crippen LogP) is 1.12. The second-order valence-corrected chi connectivity index (χ2v) is 8.15. The van der Waals surface area contributed by atoms with Gasteiger partial charge in [-0.3, -0.25) is 4.79 Å². The standard InChI is InChI=1S/C14H19FN2O4S/c1-22(19,20)17-6-4-12(15)14(10-17)5-7-16(9-14)13(18)11-3-2-8-21-11/h2-3,8,12H,4-7,9-10H2,1H3/t12-,14+/m1/s1. The number of carbonyl (C=O) groups is 1. The molecule has 2 atom stereocenters. The largest absolute Gasteiger partial charge is 0.459 e. The van der Waals surface area contributed by atoms with E-state index >= 15 is 0 Å². The Morgan fingerprint density at radius 1 is 1.41 bits per heavy atom. The van der Waals surface area contributed by atoms with Crippen molar-refractivity contribution in [2.24, 2.45) is 5.41 Å². The first-order valence-corrected chi connectivity index (χ1v) is 9.09. The normalized spacial score (nSPS) is 30.1. The molecule has 0 saturated carbocycles. The van der Waals surface area contributed by atoms with Gasteiger partial charge in [-0.2, -0.15) is 0 Å². The maximum absolute atomic E-state index is 14.5. The smallest absolute Gasteiger partial charge is 0.289 e. The number of sulfonamides is 1. The number of rotatable bonds is 2. The van der Waals surface area contributed by atoms with E-state index in [-0.39, 0.29) is 37.7 Å². The van der Waals surface area contributed by atoms with Gasteiger partial charge in [-0.1, -0.05) is 0 Å². The summed E-state index contributed by atoms with van der Waals surface area (Å²) in [6.45, 7) is 0.972. The second-order valence-electron chi connectivity index (χ2n) is 6.17. The molecule has 0 unspecified atom stereocenters. The molecule has 0 aliphatic carbocycles. The van der Waals surface area contributed by atoms with Crippen LogP contribution in [-0.4, -0.2) is 62.1 Å². The Labute approximate surface area is 128 Å². The summed E-state index contributed by atoms with van der Waals surface area (Å²) in [5.41, 5.74) is -0.802. The molecule has 0 N–H and O–H groups in total. The fourth-order valence-electron chi connectivity index (χ4n) is 3.39. The van der Waals surface area contributed by atoms with E-state index in [0.29, 0.717) is 13.0 Å².